The van der Waals surface area contributed by atoms with Crippen LogP contribution >= 0.6 is 0 Å². The number of hydrogen-bond donors (Lipinski definition) is 2. The van der Waals surface area contributed by atoms with Crippen molar-refractivity contribution >= 4 is 17.7 Å². The number of carboxylic acid groups (broad SMARTS) is 1. The van der Waals surface area contributed by atoms with E-state index in [-0.39, 0.29) is 6.42 Å². The highest BCUT2D eigenvalue weighted by atomic mass is 16.6. The minimum atomic E-state index is -1.09. The summed E-state index contributed by atoms with van der Waals surface area (Å²) in [5.41, 5.74) is 2.22. The van der Waals surface area contributed by atoms with Gasteiger partial charge in [-0.05, 0) is 51.0 Å². The van der Waals surface area contributed by atoms with E-state index >= 15 is 0 Å². The van der Waals surface area contributed by atoms with E-state index in [4.69, 9.17) is 4.74 Å². The lowest BCUT2D eigenvalue weighted by atomic mass is 10.0. The molecule has 23 heavy (non-hydrogen) atoms. The Morgan fingerprint density at radius 2 is 1.91 bits per heavy atom. The highest BCUT2D eigenvalue weighted by Gasteiger charge is 2.24. The number of nitrogens with zero attached hydrogens (tertiary/aromatic N) is 1. The third-order valence-corrected chi connectivity index (χ3v) is 3.26. The molecule has 0 aromatic heterocycles. The maximum Gasteiger partial charge on any atom is 0.408 e. The van der Waals surface area contributed by atoms with Crippen molar-refractivity contribution < 1.29 is 19.4 Å². The van der Waals surface area contributed by atoms with Crippen molar-refractivity contribution in [2.45, 2.75) is 45.8 Å². The quantitative estimate of drug-likeness (QED) is 0.871. The molecule has 1 unspecified atom stereocenters. The summed E-state index contributed by atoms with van der Waals surface area (Å²) >= 11 is 0. The van der Waals surface area contributed by atoms with E-state index in [9.17, 15) is 14.7 Å². The summed E-state index contributed by atoms with van der Waals surface area (Å²) in [6.45, 7) is 7.11. The van der Waals surface area contributed by atoms with Gasteiger partial charge in [-0.25, -0.2) is 9.59 Å². The minimum absolute atomic E-state index is 0.202. The van der Waals surface area contributed by atoms with Gasteiger partial charge in [-0.2, -0.15) is 0 Å². The molecule has 0 heterocycles. The number of benzene rings is 1. The number of alkyl carbamates (subject to hydrolysis) is 1. The molecule has 0 spiro atoms. The number of carbonyl (C=O) groups is 2. The standard InChI is InChI=1S/C17H26N2O4/c1-11-9-13(19(5)6)8-7-12(11)10-14(15(20)21)18-16(22)23-17(2,3)4/h7-9,14H,10H2,1-6H3,(H,18,22)(H,20,21). The van der Waals surface area contributed by atoms with Crippen molar-refractivity contribution in [2.24, 2.45) is 0 Å². The van der Waals surface area contributed by atoms with Gasteiger partial charge >= 0.3 is 12.1 Å². The summed E-state index contributed by atoms with van der Waals surface area (Å²) in [6.07, 6.45) is -0.527. The van der Waals surface area contributed by atoms with Gasteiger partial charge < -0.3 is 20.1 Å². The number of rotatable bonds is 5. The molecule has 0 radical (unpaired) electrons. The van der Waals surface area contributed by atoms with E-state index in [1.54, 1.807) is 20.8 Å². The molecule has 1 rings (SSSR count). The van der Waals surface area contributed by atoms with E-state index in [0.717, 1.165) is 16.8 Å². The molecule has 0 fully saturated rings. The Kier molecular flexibility index (Phi) is 6.01. The van der Waals surface area contributed by atoms with Gasteiger partial charge in [-0.3, -0.25) is 0 Å². The SMILES string of the molecule is Cc1cc(N(C)C)ccc1CC(NC(=O)OC(C)(C)C)C(=O)O. The summed E-state index contributed by atoms with van der Waals surface area (Å²) in [6, 6.07) is 4.77. The molecule has 0 aliphatic carbocycles. The molecule has 1 aromatic carbocycles. The normalized spacial score (nSPS) is 12.4. The Labute approximate surface area is 137 Å². The van der Waals surface area contributed by atoms with Crippen LogP contribution in [0.3, 0.4) is 0 Å². The fourth-order valence-corrected chi connectivity index (χ4v) is 2.06. The summed E-state index contributed by atoms with van der Waals surface area (Å²) in [7, 11) is 3.89. The number of carboxylic acids is 1. The molecule has 1 atom stereocenters. The van der Waals surface area contributed by atoms with E-state index in [2.05, 4.69) is 5.32 Å². The predicted octanol–water partition coefficient (Wildman–Crippen LogP) is 2.58. The van der Waals surface area contributed by atoms with E-state index in [1.165, 1.54) is 0 Å². The fourth-order valence-electron chi connectivity index (χ4n) is 2.06. The van der Waals surface area contributed by atoms with Crippen LogP contribution in [0.4, 0.5) is 10.5 Å². The Balaban J connectivity index is 2.85. The first-order valence-corrected chi connectivity index (χ1v) is 7.49. The minimum Gasteiger partial charge on any atom is -0.480 e. The molecule has 1 aromatic rings. The van der Waals surface area contributed by atoms with Crippen LogP contribution in [0.5, 0.6) is 0 Å². The molecular weight excluding hydrogens is 296 g/mol. The third kappa shape index (κ3) is 6.18. The first-order valence-electron chi connectivity index (χ1n) is 7.49. The lowest BCUT2D eigenvalue weighted by Crippen LogP contribution is -2.44. The summed E-state index contributed by atoms with van der Waals surface area (Å²) in [5, 5.41) is 11.8. The van der Waals surface area contributed by atoms with E-state index < -0.39 is 23.7 Å². The summed E-state index contributed by atoms with van der Waals surface area (Å²) in [4.78, 5) is 25.2. The van der Waals surface area contributed by atoms with Crippen LogP contribution in [-0.2, 0) is 16.0 Å². The van der Waals surface area contributed by atoms with Gasteiger partial charge in [-0.1, -0.05) is 6.07 Å². The van der Waals surface area contributed by atoms with Crippen LogP contribution in [0, 0.1) is 6.92 Å². The Bertz CT molecular complexity index is 576. The highest BCUT2D eigenvalue weighted by Crippen LogP contribution is 2.19. The van der Waals surface area contributed by atoms with Crippen LogP contribution in [0.2, 0.25) is 0 Å². The van der Waals surface area contributed by atoms with Crippen molar-refractivity contribution in [3.05, 3.63) is 29.3 Å². The van der Waals surface area contributed by atoms with E-state index in [1.807, 2.05) is 44.1 Å². The van der Waals surface area contributed by atoms with Gasteiger partial charge in [0.1, 0.15) is 11.6 Å². The molecule has 2 N–H and O–H groups in total. The molecule has 0 bridgehead atoms. The highest BCUT2D eigenvalue weighted by molar-refractivity contribution is 5.80. The molecule has 6 nitrogen and oxygen atoms in total. The monoisotopic (exact) mass is 322 g/mol. The van der Waals surface area contributed by atoms with Gasteiger partial charge in [0.25, 0.3) is 0 Å². The predicted molar refractivity (Wildman–Crippen MR) is 90.0 cm³/mol. The van der Waals surface area contributed by atoms with Crippen LogP contribution in [0.25, 0.3) is 0 Å². The van der Waals surface area contributed by atoms with Crippen molar-refractivity contribution in [3.8, 4) is 0 Å². The van der Waals surface area contributed by atoms with Crippen molar-refractivity contribution in [1.29, 1.82) is 0 Å². The Morgan fingerprint density at radius 1 is 1.30 bits per heavy atom. The number of amides is 1. The fraction of sp³-hybridized carbons (Fsp3) is 0.529. The van der Waals surface area contributed by atoms with Gasteiger partial charge in [0, 0.05) is 26.2 Å². The molecule has 6 heteroatoms. The van der Waals surface area contributed by atoms with Crippen LogP contribution in [-0.4, -0.2) is 42.9 Å². The first kappa shape index (κ1) is 18.8. The molecule has 1 amide bonds. The molecular formula is C17H26N2O4. The molecule has 0 aliphatic rings. The smallest absolute Gasteiger partial charge is 0.408 e. The second-order valence-corrected chi connectivity index (χ2v) is 6.75. The molecule has 0 aliphatic heterocycles. The second kappa shape index (κ2) is 7.35. The number of anilines is 1. The lowest BCUT2D eigenvalue weighted by Gasteiger charge is -2.22. The summed E-state index contributed by atoms with van der Waals surface area (Å²) < 4.78 is 5.12. The second-order valence-electron chi connectivity index (χ2n) is 6.75. The Hall–Kier alpha value is -2.24. The van der Waals surface area contributed by atoms with Crippen LogP contribution < -0.4 is 10.2 Å². The van der Waals surface area contributed by atoms with E-state index in [0.29, 0.717) is 0 Å². The largest absolute Gasteiger partial charge is 0.480 e. The van der Waals surface area contributed by atoms with Crippen molar-refractivity contribution in [3.63, 3.8) is 0 Å². The van der Waals surface area contributed by atoms with Crippen molar-refractivity contribution in [2.75, 3.05) is 19.0 Å². The van der Waals surface area contributed by atoms with Gasteiger partial charge in [-0.15, -0.1) is 0 Å². The number of hydrogen-bond acceptors (Lipinski definition) is 4. The average Bonchev–Trinajstić information content (AvgIpc) is 2.37. The number of ether oxygens (including phenoxy) is 1. The zero-order chi connectivity index (χ0) is 17.8. The van der Waals surface area contributed by atoms with Gasteiger partial charge in [0.2, 0.25) is 0 Å². The number of carbonyl (C=O) groups excluding carboxylic acids is 1. The maximum absolute atomic E-state index is 11.8. The van der Waals surface area contributed by atoms with Gasteiger partial charge in [0.15, 0.2) is 0 Å². The lowest BCUT2D eigenvalue weighted by molar-refractivity contribution is -0.139. The molecule has 0 saturated carbocycles. The third-order valence-electron chi connectivity index (χ3n) is 3.26. The summed E-state index contributed by atoms with van der Waals surface area (Å²) in [5.74, 6) is -1.09. The van der Waals surface area contributed by atoms with Gasteiger partial charge in [0.05, 0.1) is 0 Å². The number of aliphatic carboxylic acids is 1. The molecule has 0 saturated heterocycles. The zero-order valence-electron chi connectivity index (χ0n) is 14.6. The Morgan fingerprint density at radius 3 is 2.35 bits per heavy atom. The number of nitrogens with one attached hydrogen (secondary N) is 1. The molecule has 128 valence electrons. The zero-order valence-corrected chi connectivity index (χ0v) is 14.6. The van der Waals surface area contributed by atoms with Crippen LogP contribution in [0.15, 0.2) is 18.2 Å². The average molecular weight is 322 g/mol. The van der Waals surface area contributed by atoms with Crippen LogP contribution in [0.1, 0.15) is 31.9 Å². The number of aryl methyl sites for hydroxylation is 1. The topological polar surface area (TPSA) is 78.9 Å². The first-order chi connectivity index (χ1) is 10.5. The maximum atomic E-state index is 11.8. The van der Waals surface area contributed by atoms with Crippen molar-refractivity contribution in [1.82, 2.24) is 5.32 Å².